The second-order valence-electron chi connectivity index (χ2n) is 3.33. The summed E-state index contributed by atoms with van der Waals surface area (Å²) in [5.41, 5.74) is 1.21. The molecule has 3 nitrogen and oxygen atoms in total. The summed E-state index contributed by atoms with van der Waals surface area (Å²) in [5, 5.41) is 0. The lowest BCUT2D eigenvalue weighted by Gasteiger charge is -1.89. The maximum absolute atomic E-state index is 10.4. The van der Waals surface area contributed by atoms with Gasteiger partial charge in [-0.15, -0.1) is 0 Å². The standard InChI is InChI=1S/C6H7N.C5H8O2/c1-6-3-2-4-7-5-6;1-7-5(6)4-2-3-4/h2-5H,1H3;4H,2-3H2,1H3. The van der Waals surface area contributed by atoms with Crippen molar-refractivity contribution < 1.29 is 9.53 Å². The lowest BCUT2D eigenvalue weighted by atomic mass is 10.3. The lowest BCUT2D eigenvalue weighted by molar-refractivity contribution is -0.142. The summed E-state index contributed by atoms with van der Waals surface area (Å²) >= 11 is 0. The fourth-order valence-electron chi connectivity index (χ4n) is 0.934. The van der Waals surface area contributed by atoms with Gasteiger partial charge in [0, 0.05) is 12.4 Å². The molecule has 0 spiro atoms. The number of aromatic nitrogens is 1. The molecule has 0 aromatic carbocycles. The highest BCUT2D eigenvalue weighted by atomic mass is 16.5. The summed E-state index contributed by atoms with van der Waals surface area (Å²) in [6, 6.07) is 3.95. The summed E-state index contributed by atoms with van der Waals surface area (Å²) in [4.78, 5) is 14.2. The molecule has 0 atom stereocenters. The molecule has 2 rings (SSSR count). The minimum atomic E-state index is -0.0417. The topological polar surface area (TPSA) is 39.2 Å². The molecule has 0 bridgehead atoms. The number of pyridine rings is 1. The van der Waals surface area contributed by atoms with Gasteiger partial charge in [0.2, 0.25) is 0 Å². The fourth-order valence-corrected chi connectivity index (χ4v) is 0.934. The highest BCUT2D eigenvalue weighted by molar-refractivity contribution is 5.74. The van der Waals surface area contributed by atoms with Crippen molar-refractivity contribution in [3.8, 4) is 0 Å². The third-order valence-electron chi connectivity index (χ3n) is 1.92. The normalized spacial score (nSPS) is 13.9. The summed E-state index contributed by atoms with van der Waals surface area (Å²) in [7, 11) is 1.43. The summed E-state index contributed by atoms with van der Waals surface area (Å²) in [6.45, 7) is 2.02. The Labute approximate surface area is 84.1 Å². The maximum Gasteiger partial charge on any atom is 0.308 e. The largest absolute Gasteiger partial charge is 0.469 e. The van der Waals surface area contributed by atoms with Crippen LogP contribution in [0.5, 0.6) is 0 Å². The quantitative estimate of drug-likeness (QED) is 0.640. The molecule has 0 aliphatic heterocycles. The first-order valence-electron chi connectivity index (χ1n) is 4.68. The molecule has 14 heavy (non-hydrogen) atoms. The first-order chi connectivity index (χ1) is 6.74. The van der Waals surface area contributed by atoms with Crippen molar-refractivity contribution in [3.05, 3.63) is 30.1 Å². The lowest BCUT2D eigenvalue weighted by Crippen LogP contribution is -2.00. The van der Waals surface area contributed by atoms with E-state index in [4.69, 9.17) is 0 Å². The van der Waals surface area contributed by atoms with Crippen LogP contribution in [-0.4, -0.2) is 18.1 Å². The number of carbonyl (C=O) groups excluding carboxylic acids is 1. The molecule has 1 aliphatic carbocycles. The van der Waals surface area contributed by atoms with Crippen LogP contribution in [-0.2, 0) is 9.53 Å². The molecule has 3 heteroatoms. The van der Waals surface area contributed by atoms with Crippen LogP contribution in [0.3, 0.4) is 0 Å². The zero-order valence-electron chi connectivity index (χ0n) is 8.56. The van der Waals surface area contributed by atoms with Gasteiger partial charge in [0.1, 0.15) is 0 Å². The van der Waals surface area contributed by atoms with Gasteiger partial charge in [0.15, 0.2) is 0 Å². The number of methoxy groups -OCH3 is 1. The van der Waals surface area contributed by atoms with E-state index in [0.717, 1.165) is 12.8 Å². The molecule has 1 aromatic heterocycles. The predicted molar refractivity (Wildman–Crippen MR) is 53.7 cm³/mol. The molecule has 0 N–H and O–H groups in total. The first kappa shape index (κ1) is 10.7. The van der Waals surface area contributed by atoms with E-state index in [0.29, 0.717) is 0 Å². The maximum atomic E-state index is 10.4. The number of hydrogen-bond donors (Lipinski definition) is 0. The van der Waals surface area contributed by atoms with Crippen molar-refractivity contribution in [2.24, 2.45) is 5.92 Å². The van der Waals surface area contributed by atoms with Crippen molar-refractivity contribution in [2.75, 3.05) is 7.11 Å². The van der Waals surface area contributed by atoms with Gasteiger partial charge in [-0.2, -0.15) is 0 Å². The zero-order valence-corrected chi connectivity index (χ0v) is 8.56. The van der Waals surface area contributed by atoms with E-state index in [2.05, 4.69) is 9.72 Å². The van der Waals surface area contributed by atoms with Gasteiger partial charge in [0.05, 0.1) is 13.0 Å². The molecular weight excluding hydrogens is 178 g/mol. The van der Waals surface area contributed by atoms with Gasteiger partial charge in [0.25, 0.3) is 0 Å². The Kier molecular flexibility index (Phi) is 4.11. The molecule has 1 aromatic rings. The third-order valence-corrected chi connectivity index (χ3v) is 1.92. The van der Waals surface area contributed by atoms with E-state index in [9.17, 15) is 4.79 Å². The minimum Gasteiger partial charge on any atom is -0.469 e. The molecule has 76 valence electrons. The highest BCUT2D eigenvalue weighted by Gasteiger charge is 2.30. The van der Waals surface area contributed by atoms with E-state index >= 15 is 0 Å². The number of hydrogen-bond acceptors (Lipinski definition) is 3. The van der Waals surface area contributed by atoms with Crippen LogP contribution in [0.25, 0.3) is 0 Å². The van der Waals surface area contributed by atoms with Crippen molar-refractivity contribution >= 4 is 5.97 Å². The summed E-state index contributed by atoms with van der Waals surface area (Å²) < 4.78 is 4.44. The third kappa shape index (κ3) is 4.03. The van der Waals surface area contributed by atoms with E-state index < -0.39 is 0 Å². The Balaban J connectivity index is 0.000000140. The average Bonchev–Trinajstić information content (AvgIpc) is 3.02. The van der Waals surface area contributed by atoms with Crippen molar-refractivity contribution in [1.29, 1.82) is 0 Å². The van der Waals surface area contributed by atoms with Gasteiger partial charge in [-0.1, -0.05) is 6.07 Å². The van der Waals surface area contributed by atoms with Crippen LogP contribution in [0.15, 0.2) is 24.5 Å². The number of esters is 1. The van der Waals surface area contributed by atoms with Gasteiger partial charge >= 0.3 is 5.97 Å². The van der Waals surface area contributed by atoms with E-state index in [1.165, 1.54) is 12.7 Å². The van der Waals surface area contributed by atoms with Crippen LogP contribution >= 0.6 is 0 Å². The Morgan fingerprint density at radius 3 is 2.50 bits per heavy atom. The monoisotopic (exact) mass is 193 g/mol. The first-order valence-corrected chi connectivity index (χ1v) is 4.68. The molecule has 0 amide bonds. The molecule has 1 fully saturated rings. The minimum absolute atomic E-state index is 0.0417. The molecule has 0 radical (unpaired) electrons. The number of ether oxygens (including phenoxy) is 1. The van der Waals surface area contributed by atoms with Crippen molar-refractivity contribution in [3.63, 3.8) is 0 Å². The van der Waals surface area contributed by atoms with E-state index in [1.54, 1.807) is 6.20 Å². The molecule has 1 saturated carbocycles. The molecule has 1 aliphatic rings. The van der Waals surface area contributed by atoms with Crippen LogP contribution < -0.4 is 0 Å². The van der Waals surface area contributed by atoms with Crippen molar-refractivity contribution in [2.45, 2.75) is 19.8 Å². The number of aryl methyl sites for hydroxylation is 1. The smallest absolute Gasteiger partial charge is 0.308 e. The SMILES string of the molecule is COC(=O)C1CC1.Cc1cccnc1. The van der Waals surface area contributed by atoms with Gasteiger partial charge in [-0.3, -0.25) is 9.78 Å². The summed E-state index contributed by atoms with van der Waals surface area (Å²) in [5.74, 6) is 0.213. The predicted octanol–water partition coefficient (Wildman–Crippen LogP) is 1.96. The van der Waals surface area contributed by atoms with Crippen LogP contribution in [0, 0.1) is 12.8 Å². The summed E-state index contributed by atoms with van der Waals surface area (Å²) in [6.07, 6.45) is 5.67. The second-order valence-corrected chi connectivity index (χ2v) is 3.33. The fraction of sp³-hybridized carbons (Fsp3) is 0.455. The van der Waals surface area contributed by atoms with Crippen LogP contribution in [0.2, 0.25) is 0 Å². The second kappa shape index (κ2) is 5.37. The molecule has 0 saturated heterocycles. The number of rotatable bonds is 1. The molecule has 0 unspecified atom stereocenters. The Bertz CT molecular complexity index is 281. The molecule has 1 heterocycles. The van der Waals surface area contributed by atoms with Crippen LogP contribution in [0.1, 0.15) is 18.4 Å². The Morgan fingerprint density at radius 1 is 1.57 bits per heavy atom. The van der Waals surface area contributed by atoms with E-state index in [-0.39, 0.29) is 11.9 Å². The van der Waals surface area contributed by atoms with Gasteiger partial charge in [-0.05, 0) is 31.4 Å². The van der Waals surface area contributed by atoms with Crippen LogP contribution in [0.4, 0.5) is 0 Å². The Hall–Kier alpha value is -1.38. The van der Waals surface area contributed by atoms with Gasteiger partial charge in [-0.25, -0.2) is 0 Å². The Morgan fingerprint density at radius 2 is 2.29 bits per heavy atom. The number of carbonyl (C=O) groups is 1. The molecular formula is C11H15NO2. The van der Waals surface area contributed by atoms with Crippen molar-refractivity contribution in [1.82, 2.24) is 4.98 Å². The number of nitrogens with zero attached hydrogens (tertiary/aromatic N) is 1. The highest BCUT2D eigenvalue weighted by Crippen LogP contribution is 2.29. The zero-order chi connectivity index (χ0) is 10.4. The average molecular weight is 193 g/mol. The van der Waals surface area contributed by atoms with E-state index in [1.807, 2.05) is 25.3 Å². The van der Waals surface area contributed by atoms with Gasteiger partial charge < -0.3 is 4.74 Å².